The molecule has 41 heavy (non-hydrogen) atoms. The number of anilines is 2. The van der Waals surface area contributed by atoms with Gasteiger partial charge in [-0.2, -0.15) is 13.2 Å². The minimum absolute atomic E-state index is 0.0178. The first kappa shape index (κ1) is 29.2. The maximum atomic E-state index is 13.4. The van der Waals surface area contributed by atoms with E-state index in [9.17, 15) is 26.4 Å². The lowest BCUT2D eigenvalue weighted by Gasteiger charge is -2.26. The van der Waals surface area contributed by atoms with Crippen molar-refractivity contribution in [3.8, 4) is 0 Å². The van der Waals surface area contributed by atoms with Crippen molar-refractivity contribution in [1.82, 2.24) is 4.98 Å². The van der Waals surface area contributed by atoms with Crippen LogP contribution >= 0.6 is 23.2 Å². The number of halogens is 5. The fourth-order valence-electron chi connectivity index (χ4n) is 4.73. The van der Waals surface area contributed by atoms with E-state index in [1.807, 2.05) is 24.3 Å². The zero-order chi connectivity index (χ0) is 29.6. The van der Waals surface area contributed by atoms with E-state index in [4.69, 9.17) is 27.6 Å². The summed E-state index contributed by atoms with van der Waals surface area (Å²) in [5, 5.41) is 3.08. The number of hydrogen-bond acceptors (Lipinski definition) is 6. The van der Waals surface area contributed by atoms with Crippen LogP contribution in [0.3, 0.4) is 0 Å². The summed E-state index contributed by atoms with van der Waals surface area (Å²) in [6.45, 7) is -0.619. The molecule has 1 N–H and O–H groups in total. The highest BCUT2D eigenvalue weighted by Crippen LogP contribution is 2.57. The molecule has 13 heteroatoms. The van der Waals surface area contributed by atoms with Crippen molar-refractivity contribution in [3.63, 3.8) is 0 Å². The number of fused-ring (bicyclic) bond motifs is 1. The second kappa shape index (κ2) is 10.8. The summed E-state index contributed by atoms with van der Waals surface area (Å²) in [4.78, 5) is 18.3. The molecule has 5 rings (SSSR count). The molecular formula is C28H24Cl2F3N3O4S. The van der Waals surface area contributed by atoms with E-state index in [-0.39, 0.29) is 32.1 Å². The first-order valence-electron chi connectivity index (χ1n) is 12.6. The number of nitrogens with zero attached hydrogens (tertiary/aromatic N) is 2. The maximum absolute atomic E-state index is 13.4. The molecule has 1 aliphatic carbocycles. The third-order valence-electron chi connectivity index (χ3n) is 6.90. The number of benzene rings is 3. The number of para-hydroxylation sites is 2. The topological polar surface area (TPSA) is 92.5 Å². The van der Waals surface area contributed by atoms with Crippen molar-refractivity contribution in [2.45, 2.75) is 36.3 Å². The van der Waals surface area contributed by atoms with Crippen LogP contribution in [0.4, 0.5) is 24.5 Å². The van der Waals surface area contributed by atoms with Crippen molar-refractivity contribution < 1.29 is 30.8 Å². The van der Waals surface area contributed by atoms with Gasteiger partial charge in [-0.3, -0.25) is 4.79 Å². The molecule has 4 aromatic rings. The average Bonchev–Trinajstić information content (AvgIpc) is 3.57. The Balaban J connectivity index is 1.36. The first-order chi connectivity index (χ1) is 19.3. The number of aromatic nitrogens is 1. The quantitative estimate of drug-likeness (QED) is 0.215. The number of alkyl halides is 3. The number of nitrogens with one attached hydrogen (secondary N) is 1. The van der Waals surface area contributed by atoms with E-state index in [1.165, 1.54) is 43.3 Å². The smallest absolute Gasteiger partial charge is 0.405 e. The summed E-state index contributed by atoms with van der Waals surface area (Å²) in [6, 6.07) is 15.2. The summed E-state index contributed by atoms with van der Waals surface area (Å²) in [6.07, 6.45) is -3.21. The molecule has 1 heterocycles. The fraction of sp³-hybridized carbons (Fsp3) is 0.286. The summed E-state index contributed by atoms with van der Waals surface area (Å²) in [5.41, 5.74) is 1.57. The number of carbonyl (C=O) groups is 1. The van der Waals surface area contributed by atoms with Gasteiger partial charge in [0.2, 0.25) is 11.8 Å². The van der Waals surface area contributed by atoms with Crippen LogP contribution in [0.25, 0.3) is 11.1 Å². The van der Waals surface area contributed by atoms with Crippen molar-refractivity contribution in [3.05, 3.63) is 82.2 Å². The summed E-state index contributed by atoms with van der Waals surface area (Å²) in [7, 11) is -3.54. The molecule has 1 saturated carbocycles. The molecule has 0 aliphatic heterocycles. The molecule has 0 radical (unpaired) electrons. The third kappa shape index (κ3) is 6.17. The number of amides is 1. The number of hydrogen-bond donors (Lipinski definition) is 1. The van der Waals surface area contributed by atoms with Gasteiger partial charge in [-0.25, -0.2) is 13.4 Å². The number of sulfone groups is 1. The van der Waals surface area contributed by atoms with Crippen LogP contribution in [0.5, 0.6) is 0 Å². The molecule has 1 aromatic heterocycles. The first-order valence-corrected chi connectivity index (χ1v) is 15.0. The van der Waals surface area contributed by atoms with Gasteiger partial charge in [0.05, 0.1) is 22.6 Å². The van der Waals surface area contributed by atoms with Crippen LogP contribution in [-0.4, -0.2) is 44.3 Å². The van der Waals surface area contributed by atoms with Gasteiger partial charge in [0.25, 0.3) is 0 Å². The Hall–Kier alpha value is -3.28. The Labute approximate surface area is 244 Å². The summed E-state index contributed by atoms with van der Waals surface area (Å²) >= 11 is 13.3. The number of carbonyl (C=O) groups excluding carboxylic acids is 1. The van der Waals surface area contributed by atoms with Gasteiger partial charge in [0.1, 0.15) is 12.1 Å². The fourth-order valence-corrected chi connectivity index (χ4v) is 6.47. The largest absolute Gasteiger partial charge is 0.440 e. The van der Waals surface area contributed by atoms with E-state index in [1.54, 1.807) is 0 Å². The third-order valence-corrected chi connectivity index (χ3v) is 9.25. The van der Waals surface area contributed by atoms with Gasteiger partial charge >= 0.3 is 6.18 Å². The van der Waals surface area contributed by atoms with Crippen LogP contribution in [0.2, 0.25) is 10.0 Å². The van der Waals surface area contributed by atoms with Gasteiger partial charge in [-0.1, -0.05) is 42.3 Å². The molecule has 3 aromatic carbocycles. The SMILES string of the molecule is CCS(=O)(=O)c1ccc(N(CC(=O)Nc2cc(Cl)c(C3(c4nc5ccccc5o4)CC3)c(Cl)c2)CC(F)(F)F)cc1. The van der Waals surface area contributed by atoms with Gasteiger partial charge < -0.3 is 14.6 Å². The highest BCUT2D eigenvalue weighted by Gasteiger charge is 2.52. The molecule has 216 valence electrons. The van der Waals surface area contributed by atoms with E-state index >= 15 is 0 Å². The normalized spacial score (nSPS) is 14.7. The molecule has 1 aliphatic rings. The molecule has 0 bridgehead atoms. The second-order valence-electron chi connectivity index (χ2n) is 9.80. The molecule has 7 nitrogen and oxygen atoms in total. The number of rotatable bonds is 9. The van der Waals surface area contributed by atoms with Crippen molar-refractivity contribution in [1.29, 1.82) is 0 Å². The van der Waals surface area contributed by atoms with Gasteiger partial charge in [0, 0.05) is 27.0 Å². The van der Waals surface area contributed by atoms with Crippen LogP contribution in [0.1, 0.15) is 31.2 Å². The Morgan fingerprint density at radius 3 is 2.27 bits per heavy atom. The Morgan fingerprint density at radius 1 is 1.07 bits per heavy atom. The highest BCUT2D eigenvalue weighted by atomic mass is 35.5. The maximum Gasteiger partial charge on any atom is 0.405 e. The minimum Gasteiger partial charge on any atom is -0.440 e. The van der Waals surface area contributed by atoms with Gasteiger partial charge in [-0.05, 0) is 61.4 Å². The predicted octanol–water partition coefficient (Wildman–Crippen LogP) is 7.02. The molecule has 1 amide bonds. The summed E-state index contributed by atoms with van der Waals surface area (Å²) < 4.78 is 70.2. The molecule has 0 atom stereocenters. The standard InChI is InChI=1S/C28H24Cl2F3N3O4S/c1-2-41(38,39)19-9-7-18(8-10-19)36(16-28(31,32)33)15-24(37)34-17-13-20(29)25(21(30)14-17)27(11-12-27)26-35-22-5-3-4-6-23(22)40-26/h3-10,13-14H,2,11-12,15-16H2,1H3,(H,34,37). The number of oxazole rings is 1. The van der Waals surface area contributed by atoms with E-state index in [2.05, 4.69) is 10.3 Å². The monoisotopic (exact) mass is 625 g/mol. The minimum atomic E-state index is -4.62. The van der Waals surface area contributed by atoms with Crippen LogP contribution in [-0.2, 0) is 20.0 Å². The Bertz CT molecular complexity index is 1660. The van der Waals surface area contributed by atoms with E-state index in [0.717, 1.165) is 4.90 Å². The van der Waals surface area contributed by atoms with E-state index in [0.29, 0.717) is 35.4 Å². The van der Waals surface area contributed by atoms with Crippen molar-refractivity contribution in [2.24, 2.45) is 0 Å². The molecule has 0 saturated heterocycles. The van der Waals surface area contributed by atoms with Crippen LogP contribution in [0.15, 0.2) is 70.0 Å². The van der Waals surface area contributed by atoms with E-state index < -0.39 is 40.4 Å². The molecule has 0 spiro atoms. The van der Waals surface area contributed by atoms with Gasteiger partial charge in [-0.15, -0.1) is 0 Å². The lowest BCUT2D eigenvalue weighted by molar-refractivity contribution is -0.122. The molecular weight excluding hydrogens is 602 g/mol. The van der Waals surface area contributed by atoms with Crippen LogP contribution in [0, 0.1) is 0 Å². The predicted molar refractivity (Wildman–Crippen MR) is 152 cm³/mol. The van der Waals surface area contributed by atoms with Crippen molar-refractivity contribution >= 4 is 61.4 Å². The Kier molecular flexibility index (Phi) is 7.73. The van der Waals surface area contributed by atoms with Gasteiger partial charge in [0.15, 0.2) is 15.4 Å². The zero-order valence-electron chi connectivity index (χ0n) is 21.6. The Morgan fingerprint density at radius 2 is 1.71 bits per heavy atom. The summed E-state index contributed by atoms with van der Waals surface area (Å²) in [5.74, 6) is -0.416. The lowest BCUT2D eigenvalue weighted by atomic mass is 9.95. The second-order valence-corrected chi connectivity index (χ2v) is 12.9. The average molecular weight is 626 g/mol. The molecule has 0 unspecified atom stereocenters. The van der Waals surface area contributed by atoms with Crippen molar-refractivity contribution in [2.75, 3.05) is 29.1 Å². The molecule has 1 fully saturated rings. The zero-order valence-corrected chi connectivity index (χ0v) is 24.0. The lowest BCUT2D eigenvalue weighted by Crippen LogP contribution is -2.39. The highest BCUT2D eigenvalue weighted by molar-refractivity contribution is 7.91. The van der Waals surface area contributed by atoms with Crippen LogP contribution < -0.4 is 10.2 Å².